The van der Waals surface area contributed by atoms with E-state index in [1.807, 2.05) is 13.8 Å². The third-order valence-corrected chi connectivity index (χ3v) is 14.4. The molecule has 2 saturated heterocycles. The number of carbonyl (C=O) groups excluding carboxylic acids is 11. The van der Waals surface area contributed by atoms with Crippen LogP contribution in [0.3, 0.4) is 0 Å². The van der Waals surface area contributed by atoms with Crippen LogP contribution in [0.25, 0.3) is 0 Å². The van der Waals surface area contributed by atoms with Crippen molar-refractivity contribution in [3.05, 3.63) is 0 Å². The summed E-state index contributed by atoms with van der Waals surface area (Å²) in [7, 11) is 0. The van der Waals surface area contributed by atoms with Crippen LogP contribution < -0.4 is 54.4 Å². The predicted molar refractivity (Wildman–Crippen MR) is 287 cm³/mol. The van der Waals surface area contributed by atoms with Gasteiger partial charge in [-0.3, -0.25) is 52.7 Å². The van der Waals surface area contributed by atoms with Crippen LogP contribution in [0, 0.1) is 23.7 Å². The van der Waals surface area contributed by atoms with Gasteiger partial charge in [0.15, 0.2) is 0 Å². The number of hydrogen-bond acceptors (Lipinski definition) is 15. The molecule has 0 saturated carbocycles. The van der Waals surface area contributed by atoms with E-state index in [-0.39, 0.29) is 69.9 Å². The number of amides is 11. The first-order valence-electron chi connectivity index (χ1n) is 27.5. The number of nitrogens with zero attached hydrogens (tertiary/aromatic N) is 2. The minimum absolute atomic E-state index is 0.00484. The number of aliphatic hydroxyl groups excluding tert-OH is 2. The number of nitrogens with one attached hydrogen (secondary N) is 7. The maximum Gasteiger partial charge on any atom is 0.326 e. The van der Waals surface area contributed by atoms with Gasteiger partial charge in [-0.1, -0.05) is 68.2 Å². The van der Waals surface area contributed by atoms with Crippen LogP contribution in [-0.2, 0) is 57.5 Å². The minimum Gasteiger partial charge on any atom is -0.480 e. The van der Waals surface area contributed by atoms with Gasteiger partial charge < -0.3 is 79.5 Å². The Kier molecular flexibility index (Phi) is 28.3. The number of rotatable bonds is 33. The molecular weight excluding hydrogens is 1030 g/mol. The highest BCUT2D eigenvalue weighted by Gasteiger charge is 2.43. The van der Waals surface area contributed by atoms with E-state index >= 15 is 0 Å². The van der Waals surface area contributed by atoms with Crippen LogP contribution >= 0.6 is 0 Å². The van der Waals surface area contributed by atoms with E-state index < -0.39 is 155 Å². The van der Waals surface area contributed by atoms with Gasteiger partial charge in [0.1, 0.15) is 54.4 Å². The van der Waals surface area contributed by atoms with Crippen LogP contribution in [-0.4, -0.2) is 182 Å². The smallest absolute Gasteiger partial charge is 0.326 e. The third kappa shape index (κ3) is 21.3. The summed E-state index contributed by atoms with van der Waals surface area (Å²) >= 11 is 0. The van der Waals surface area contributed by atoms with E-state index in [0.717, 1.165) is 4.90 Å². The maximum atomic E-state index is 14.5. The van der Waals surface area contributed by atoms with Gasteiger partial charge in [0.2, 0.25) is 65.0 Å². The Morgan fingerprint density at radius 1 is 0.494 bits per heavy atom. The Hall–Kier alpha value is -6.48. The zero-order valence-electron chi connectivity index (χ0n) is 47.5. The van der Waals surface area contributed by atoms with Crippen molar-refractivity contribution in [3.63, 3.8) is 0 Å². The lowest BCUT2D eigenvalue weighted by molar-refractivity contribution is -0.149. The summed E-state index contributed by atoms with van der Waals surface area (Å²) in [5.41, 5.74) is 16.8. The van der Waals surface area contributed by atoms with Crippen molar-refractivity contribution in [1.82, 2.24) is 47.0 Å². The average molecular weight is 1120 g/mol. The van der Waals surface area contributed by atoms with Gasteiger partial charge in [0.05, 0.1) is 18.2 Å². The highest BCUT2D eigenvalue weighted by Crippen LogP contribution is 2.23. The fourth-order valence-electron chi connectivity index (χ4n) is 9.40. The second kappa shape index (κ2) is 32.6. The Balaban J connectivity index is 2.38. The standard InChI is InChI=1S/C52H90N12O15/c1-11-27(7)39(59-48(74)41(29(9)65)61-43(69)31(53)23-25(3)4)46(72)56-32(17-19-37(54)67)50(76)63-21-13-15-35(63)45(71)58-34(24-26(5)6)44(70)62-42(30(10)66)49(75)60-40(28(8)12-2)47(73)57-33(18-20-38(55)68)51(77)64-22-14-16-36(64)52(78)79/h25-36,39-42,65-66H,11-24,53H2,1-10H3,(H2,54,67)(H2,55,68)(H,56,72)(H,57,73)(H,58,71)(H,59,74)(H,60,75)(H,61,69)(H,62,70)(H,78,79)/t27-,28-,29+,30+,31-,32-,33-,34-,35-,36-,39-,40-,41-,42-/m0/s1. The number of nitrogens with two attached hydrogens (primary N) is 3. The van der Waals surface area contributed by atoms with E-state index in [1.165, 1.54) is 18.7 Å². The molecule has 14 atom stereocenters. The summed E-state index contributed by atoms with van der Waals surface area (Å²) in [6.07, 6.45) is -2.41. The van der Waals surface area contributed by atoms with Gasteiger partial charge in [0.25, 0.3) is 0 Å². The second-order valence-corrected chi connectivity index (χ2v) is 22.0. The number of aliphatic hydroxyl groups is 2. The van der Waals surface area contributed by atoms with Gasteiger partial charge in [-0.2, -0.15) is 0 Å². The average Bonchev–Trinajstić information content (AvgIpc) is 4.10. The number of carbonyl (C=O) groups is 12. The Morgan fingerprint density at radius 3 is 1.23 bits per heavy atom. The zero-order chi connectivity index (χ0) is 60.2. The Morgan fingerprint density at radius 2 is 0.861 bits per heavy atom. The van der Waals surface area contributed by atoms with E-state index in [1.54, 1.807) is 41.5 Å². The molecule has 16 N–H and O–H groups in total. The summed E-state index contributed by atoms with van der Waals surface area (Å²) in [5.74, 6) is -11.8. The Bertz CT molecular complexity index is 2160. The number of hydrogen-bond donors (Lipinski definition) is 13. The molecule has 0 spiro atoms. The molecule has 2 fully saturated rings. The molecule has 2 aliphatic heterocycles. The first-order chi connectivity index (χ1) is 36.9. The van der Waals surface area contributed by atoms with Gasteiger partial charge in [-0.05, 0) is 88.9 Å². The van der Waals surface area contributed by atoms with Crippen LogP contribution in [0.2, 0.25) is 0 Å². The van der Waals surface area contributed by atoms with Crippen molar-refractivity contribution in [2.45, 2.75) is 219 Å². The van der Waals surface area contributed by atoms with Gasteiger partial charge in [0, 0.05) is 25.9 Å². The lowest BCUT2D eigenvalue weighted by Gasteiger charge is -2.32. The van der Waals surface area contributed by atoms with E-state index in [2.05, 4.69) is 37.2 Å². The van der Waals surface area contributed by atoms with Crippen molar-refractivity contribution in [2.75, 3.05) is 13.1 Å². The summed E-state index contributed by atoms with van der Waals surface area (Å²) in [5, 5.41) is 49.0. The fourth-order valence-corrected chi connectivity index (χ4v) is 9.40. The third-order valence-electron chi connectivity index (χ3n) is 14.4. The van der Waals surface area contributed by atoms with Crippen LogP contribution in [0.15, 0.2) is 0 Å². The van der Waals surface area contributed by atoms with Gasteiger partial charge in [-0.15, -0.1) is 0 Å². The van der Waals surface area contributed by atoms with Crippen molar-refractivity contribution >= 4 is 70.9 Å². The van der Waals surface area contributed by atoms with E-state index in [4.69, 9.17) is 17.2 Å². The molecule has 0 aromatic heterocycles. The van der Waals surface area contributed by atoms with Gasteiger partial charge >= 0.3 is 5.97 Å². The number of aliphatic carboxylic acids is 1. The summed E-state index contributed by atoms with van der Waals surface area (Å²) in [6, 6.07) is -13.5. The molecule has 27 nitrogen and oxygen atoms in total. The SMILES string of the molecule is CC[C@H](C)[C@H](NC(=O)[C@@H](NC(=O)[C@H](CC(C)C)NC(=O)[C@@H]1CCCN1C(=O)[C@H](CCC(N)=O)NC(=O)[C@@H](NC(=O)[C@@H](NC(=O)[C@@H](N)CC(C)C)[C@@H](C)O)[C@@H](C)CC)[C@@H](C)O)C(=O)N[C@@H](CCC(N)=O)C(=O)N1CCC[C@H]1C(=O)O. The van der Waals surface area contributed by atoms with E-state index in [9.17, 15) is 72.9 Å². The minimum atomic E-state index is -1.72. The Labute approximate surface area is 462 Å². The summed E-state index contributed by atoms with van der Waals surface area (Å²) < 4.78 is 0. The van der Waals surface area contributed by atoms with Crippen LogP contribution in [0.5, 0.6) is 0 Å². The number of likely N-dealkylation sites (tertiary alicyclic amines) is 2. The van der Waals surface area contributed by atoms with Crippen molar-refractivity contribution in [3.8, 4) is 0 Å². The molecule has 2 rings (SSSR count). The van der Waals surface area contributed by atoms with Crippen molar-refractivity contribution < 1.29 is 72.9 Å². The first-order valence-corrected chi connectivity index (χ1v) is 27.5. The summed E-state index contributed by atoms with van der Waals surface area (Å²) in [4.78, 5) is 163. The molecule has 0 radical (unpaired) electrons. The highest BCUT2D eigenvalue weighted by molar-refractivity contribution is 5.99. The largest absolute Gasteiger partial charge is 0.480 e. The maximum absolute atomic E-state index is 14.5. The van der Waals surface area contributed by atoms with E-state index in [0.29, 0.717) is 32.1 Å². The number of primary amides is 2. The molecule has 2 heterocycles. The topological polar surface area (TPSA) is 434 Å². The quantitative estimate of drug-likeness (QED) is 0.0317. The molecule has 0 aromatic rings. The summed E-state index contributed by atoms with van der Waals surface area (Å²) in [6.45, 7) is 16.5. The lowest BCUT2D eigenvalue weighted by Crippen LogP contribution is -2.63. The monoisotopic (exact) mass is 1120 g/mol. The molecule has 11 amide bonds. The highest BCUT2D eigenvalue weighted by atomic mass is 16.4. The zero-order valence-corrected chi connectivity index (χ0v) is 47.5. The molecule has 79 heavy (non-hydrogen) atoms. The predicted octanol–water partition coefficient (Wildman–Crippen LogP) is -2.75. The molecule has 448 valence electrons. The van der Waals surface area contributed by atoms with Gasteiger partial charge in [-0.25, -0.2) is 4.79 Å². The van der Waals surface area contributed by atoms with Crippen LogP contribution in [0.4, 0.5) is 0 Å². The molecule has 27 heteroatoms. The lowest BCUT2D eigenvalue weighted by atomic mass is 9.96. The van der Waals surface area contributed by atoms with Crippen LogP contribution in [0.1, 0.15) is 146 Å². The molecule has 2 aliphatic rings. The molecule has 0 unspecified atom stereocenters. The second-order valence-electron chi connectivity index (χ2n) is 22.0. The normalized spacial score (nSPS) is 19.9. The van der Waals surface area contributed by atoms with Crippen molar-refractivity contribution in [1.29, 1.82) is 0 Å². The molecule has 0 aliphatic carbocycles. The number of carboxylic acid groups (broad SMARTS) is 1. The first kappa shape index (κ1) is 68.6. The molecular formula is C52H90N12O15. The molecule has 0 bridgehead atoms. The molecule has 0 aromatic carbocycles. The fraction of sp³-hybridized carbons (Fsp3) is 0.769. The van der Waals surface area contributed by atoms with Crippen molar-refractivity contribution in [2.24, 2.45) is 40.9 Å². The number of carboxylic acids is 1.